The third-order valence-corrected chi connectivity index (χ3v) is 4.74. The van der Waals surface area contributed by atoms with E-state index in [1.807, 2.05) is 0 Å². The van der Waals surface area contributed by atoms with Crippen molar-refractivity contribution < 1.29 is 14.7 Å². The first-order valence-corrected chi connectivity index (χ1v) is 7.49. The molecular formula is C15H28N2O3. The number of carboxylic acid groups (broad SMARTS) is 1. The lowest BCUT2D eigenvalue weighted by Gasteiger charge is -2.35. The largest absolute Gasteiger partial charge is 0.480 e. The van der Waals surface area contributed by atoms with Gasteiger partial charge < -0.3 is 15.7 Å². The molecule has 0 aromatic heterocycles. The third-order valence-electron chi connectivity index (χ3n) is 4.74. The van der Waals surface area contributed by atoms with Crippen molar-refractivity contribution in [2.45, 2.75) is 65.3 Å². The molecule has 0 unspecified atom stereocenters. The molecule has 0 bridgehead atoms. The first kappa shape index (κ1) is 16.8. The molecule has 0 spiro atoms. The molecule has 5 nitrogen and oxygen atoms in total. The second kappa shape index (κ2) is 6.46. The number of rotatable bonds is 5. The van der Waals surface area contributed by atoms with Gasteiger partial charge in [-0.05, 0) is 24.2 Å². The number of nitrogens with one attached hydrogen (secondary N) is 2. The number of carbonyl (C=O) groups excluding carboxylic acids is 1. The van der Waals surface area contributed by atoms with E-state index in [0.29, 0.717) is 25.3 Å². The van der Waals surface area contributed by atoms with E-state index in [1.165, 1.54) is 0 Å². The van der Waals surface area contributed by atoms with Crippen LogP contribution in [0.5, 0.6) is 0 Å². The Morgan fingerprint density at radius 2 is 1.75 bits per heavy atom. The Kier molecular flexibility index (Phi) is 5.42. The summed E-state index contributed by atoms with van der Waals surface area (Å²) in [5.74, 6) is -0.485. The van der Waals surface area contributed by atoms with Gasteiger partial charge >= 0.3 is 12.0 Å². The normalized spacial score (nSPS) is 18.6. The van der Waals surface area contributed by atoms with Gasteiger partial charge in [0.05, 0.1) is 0 Å². The van der Waals surface area contributed by atoms with Crippen LogP contribution < -0.4 is 10.6 Å². The molecule has 20 heavy (non-hydrogen) atoms. The van der Waals surface area contributed by atoms with Gasteiger partial charge in [0.25, 0.3) is 0 Å². The Balaban J connectivity index is 2.57. The van der Waals surface area contributed by atoms with E-state index in [2.05, 4.69) is 38.3 Å². The Morgan fingerprint density at radius 1 is 1.20 bits per heavy atom. The van der Waals surface area contributed by atoms with Gasteiger partial charge in [-0.25, -0.2) is 9.59 Å². The maximum absolute atomic E-state index is 12.0. The first-order valence-electron chi connectivity index (χ1n) is 7.49. The van der Waals surface area contributed by atoms with Crippen molar-refractivity contribution in [1.29, 1.82) is 0 Å². The fraction of sp³-hybridized carbons (Fsp3) is 0.867. The zero-order valence-electron chi connectivity index (χ0n) is 13.1. The maximum atomic E-state index is 12.0. The molecule has 0 radical (unpaired) electrons. The van der Waals surface area contributed by atoms with E-state index in [4.69, 9.17) is 0 Å². The van der Waals surface area contributed by atoms with Gasteiger partial charge in [0.1, 0.15) is 5.54 Å². The molecule has 0 saturated heterocycles. The third kappa shape index (κ3) is 4.12. The predicted molar refractivity (Wildman–Crippen MR) is 78.6 cm³/mol. The van der Waals surface area contributed by atoms with Gasteiger partial charge in [-0.1, -0.05) is 47.0 Å². The summed E-state index contributed by atoms with van der Waals surface area (Å²) in [4.78, 5) is 23.5. The minimum atomic E-state index is -1.08. The highest BCUT2D eigenvalue weighted by Gasteiger charge is 2.41. The Bertz CT molecular complexity index is 358. The molecule has 1 fully saturated rings. The molecule has 1 saturated carbocycles. The summed E-state index contributed by atoms with van der Waals surface area (Å²) < 4.78 is 0. The topological polar surface area (TPSA) is 78.4 Å². The van der Waals surface area contributed by atoms with Gasteiger partial charge in [-0.15, -0.1) is 0 Å². The number of aliphatic carboxylic acids is 1. The van der Waals surface area contributed by atoms with Crippen LogP contribution in [0.2, 0.25) is 0 Å². The Morgan fingerprint density at radius 3 is 2.20 bits per heavy atom. The minimum absolute atomic E-state index is 0.0136. The molecule has 0 heterocycles. The molecule has 1 rings (SSSR count). The summed E-state index contributed by atoms with van der Waals surface area (Å²) in [7, 11) is 0. The van der Waals surface area contributed by atoms with Crippen LogP contribution in [0, 0.1) is 11.3 Å². The monoisotopic (exact) mass is 284 g/mol. The van der Waals surface area contributed by atoms with Crippen LogP contribution >= 0.6 is 0 Å². The molecule has 0 aromatic carbocycles. The standard InChI is InChI=1S/C15H28N2O3/c1-11(2)14(3,4)10-16-13(20)17-15(12(18)19)8-6-5-7-9-15/h11H,5-10H2,1-4H3,(H,18,19)(H2,16,17,20). The van der Waals surface area contributed by atoms with E-state index in [1.54, 1.807) is 0 Å². The number of hydrogen-bond donors (Lipinski definition) is 3. The molecule has 116 valence electrons. The Hall–Kier alpha value is -1.26. The first-order chi connectivity index (χ1) is 9.19. The summed E-state index contributed by atoms with van der Waals surface area (Å²) in [6.07, 6.45) is 3.78. The van der Waals surface area contributed by atoms with Crippen molar-refractivity contribution in [3.63, 3.8) is 0 Å². The lowest BCUT2D eigenvalue weighted by atomic mass is 9.81. The van der Waals surface area contributed by atoms with Crippen LogP contribution in [-0.4, -0.2) is 29.2 Å². The number of urea groups is 1. The molecule has 3 N–H and O–H groups in total. The second-order valence-corrected chi connectivity index (χ2v) is 6.90. The van der Waals surface area contributed by atoms with Crippen molar-refractivity contribution in [3.8, 4) is 0 Å². The van der Waals surface area contributed by atoms with Crippen molar-refractivity contribution in [2.75, 3.05) is 6.54 Å². The van der Waals surface area contributed by atoms with E-state index in [9.17, 15) is 14.7 Å². The van der Waals surface area contributed by atoms with Crippen molar-refractivity contribution in [2.24, 2.45) is 11.3 Å². The fourth-order valence-electron chi connectivity index (χ4n) is 2.32. The highest BCUT2D eigenvalue weighted by molar-refractivity contribution is 5.86. The SMILES string of the molecule is CC(C)C(C)(C)CNC(=O)NC1(C(=O)O)CCCCC1. The number of amides is 2. The highest BCUT2D eigenvalue weighted by atomic mass is 16.4. The van der Waals surface area contributed by atoms with Gasteiger partial charge in [0, 0.05) is 6.54 Å². The zero-order chi connectivity index (χ0) is 15.4. The van der Waals surface area contributed by atoms with Crippen LogP contribution in [0.25, 0.3) is 0 Å². The van der Waals surface area contributed by atoms with Crippen LogP contribution in [0.4, 0.5) is 4.79 Å². The molecule has 1 aliphatic carbocycles. The van der Waals surface area contributed by atoms with Crippen LogP contribution in [0.15, 0.2) is 0 Å². The average Bonchev–Trinajstić information content (AvgIpc) is 2.37. The smallest absolute Gasteiger partial charge is 0.329 e. The molecule has 0 aliphatic heterocycles. The number of carboxylic acids is 1. The van der Waals surface area contributed by atoms with E-state index < -0.39 is 11.5 Å². The van der Waals surface area contributed by atoms with Gasteiger partial charge in [0.15, 0.2) is 0 Å². The van der Waals surface area contributed by atoms with E-state index in [0.717, 1.165) is 19.3 Å². The van der Waals surface area contributed by atoms with Crippen molar-refractivity contribution in [1.82, 2.24) is 10.6 Å². The van der Waals surface area contributed by atoms with Gasteiger partial charge in [-0.2, -0.15) is 0 Å². The van der Waals surface area contributed by atoms with Crippen molar-refractivity contribution >= 4 is 12.0 Å². The number of hydrogen-bond acceptors (Lipinski definition) is 2. The van der Waals surface area contributed by atoms with Gasteiger partial charge in [-0.3, -0.25) is 0 Å². The summed E-state index contributed by atoms with van der Waals surface area (Å²) in [5.41, 5.74) is -1.09. The van der Waals surface area contributed by atoms with E-state index >= 15 is 0 Å². The lowest BCUT2D eigenvalue weighted by Crippen LogP contribution is -2.58. The summed E-state index contributed by atoms with van der Waals surface area (Å²) >= 11 is 0. The predicted octanol–water partition coefficient (Wildman–Crippen LogP) is 2.76. The molecule has 5 heteroatoms. The van der Waals surface area contributed by atoms with Crippen LogP contribution in [0.3, 0.4) is 0 Å². The zero-order valence-corrected chi connectivity index (χ0v) is 13.1. The summed E-state index contributed by atoms with van der Waals surface area (Å²) in [5, 5.41) is 14.9. The van der Waals surface area contributed by atoms with Gasteiger partial charge in [0.2, 0.25) is 0 Å². The molecule has 2 amide bonds. The maximum Gasteiger partial charge on any atom is 0.329 e. The highest BCUT2D eigenvalue weighted by Crippen LogP contribution is 2.28. The quantitative estimate of drug-likeness (QED) is 0.726. The second-order valence-electron chi connectivity index (χ2n) is 6.90. The molecular weight excluding hydrogens is 256 g/mol. The average molecular weight is 284 g/mol. The molecule has 0 atom stereocenters. The van der Waals surface area contributed by atoms with Crippen LogP contribution in [-0.2, 0) is 4.79 Å². The van der Waals surface area contributed by atoms with E-state index in [-0.39, 0.29) is 11.4 Å². The summed E-state index contributed by atoms with van der Waals surface area (Å²) in [6.45, 7) is 8.93. The summed E-state index contributed by atoms with van der Waals surface area (Å²) in [6, 6.07) is -0.372. The minimum Gasteiger partial charge on any atom is -0.480 e. The molecule has 1 aliphatic rings. The Labute approximate surface area is 121 Å². The fourth-order valence-corrected chi connectivity index (χ4v) is 2.32. The number of carbonyl (C=O) groups is 2. The van der Waals surface area contributed by atoms with Crippen molar-refractivity contribution in [3.05, 3.63) is 0 Å². The molecule has 0 aromatic rings. The lowest BCUT2D eigenvalue weighted by molar-refractivity contribution is -0.145. The van der Waals surface area contributed by atoms with Crippen LogP contribution in [0.1, 0.15) is 59.8 Å².